The third-order valence-corrected chi connectivity index (χ3v) is 6.31. The van der Waals surface area contributed by atoms with Gasteiger partial charge in [0.05, 0.1) is 26.4 Å². The molecule has 2 fully saturated rings. The van der Waals surface area contributed by atoms with Crippen LogP contribution in [0.2, 0.25) is 0 Å². The van der Waals surface area contributed by atoms with Gasteiger partial charge < -0.3 is 23.7 Å². The minimum absolute atomic E-state index is 0.105. The Labute approximate surface area is 198 Å². The Hall–Kier alpha value is -2.08. The summed E-state index contributed by atoms with van der Waals surface area (Å²) in [5.74, 6) is 2.63. The van der Waals surface area contributed by atoms with Crippen LogP contribution in [-0.2, 0) is 19.6 Å². The molecule has 1 saturated carbocycles. The molecule has 2 aromatic carbocycles. The Balaban J connectivity index is 1.17. The summed E-state index contributed by atoms with van der Waals surface area (Å²) in [5, 5.41) is 0. The molecule has 0 aromatic heterocycles. The molecule has 0 spiro atoms. The molecule has 1 saturated heterocycles. The first-order chi connectivity index (χ1) is 16.1. The van der Waals surface area contributed by atoms with E-state index < -0.39 is 0 Å². The first-order valence-electron chi connectivity index (χ1n) is 12.3. The van der Waals surface area contributed by atoms with Gasteiger partial charge in [-0.3, -0.25) is 0 Å². The number of hydrogen-bond donors (Lipinski definition) is 0. The molecule has 2 aromatic rings. The molecule has 5 heteroatoms. The van der Waals surface area contributed by atoms with Crippen molar-refractivity contribution in [1.29, 1.82) is 0 Å². The van der Waals surface area contributed by atoms with Crippen molar-refractivity contribution >= 4 is 0 Å². The maximum atomic E-state index is 5.88. The van der Waals surface area contributed by atoms with Crippen molar-refractivity contribution < 1.29 is 23.7 Å². The molecule has 0 radical (unpaired) electrons. The van der Waals surface area contributed by atoms with Crippen molar-refractivity contribution in [2.45, 2.75) is 51.0 Å². The van der Waals surface area contributed by atoms with Gasteiger partial charge in [0, 0.05) is 38.1 Å². The summed E-state index contributed by atoms with van der Waals surface area (Å²) in [6.07, 6.45) is 4.80. The van der Waals surface area contributed by atoms with E-state index in [1.54, 1.807) is 0 Å². The molecule has 1 atom stereocenters. The van der Waals surface area contributed by atoms with E-state index in [0.717, 1.165) is 50.1 Å². The Bertz CT molecular complexity index is 753. The van der Waals surface area contributed by atoms with Crippen LogP contribution in [0.25, 0.3) is 0 Å². The Morgan fingerprint density at radius 2 is 1.21 bits per heavy atom. The SMILES string of the molecule is CC(C)(c1ccc(OCCCOCC2CC2)cc1)c1ccc(OCCCOCC2CO2)cc1. The highest BCUT2D eigenvalue weighted by atomic mass is 16.6. The van der Waals surface area contributed by atoms with E-state index in [-0.39, 0.29) is 5.41 Å². The van der Waals surface area contributed by atoms with E-state index in [4.69, 9.17) is 23.7 Å². The Morgan fingerprint density at radius 3 is 1.67 bits per heavy atom. The second-order valence-corrected chi connectivity index (χ2v) is 9.63. The molecule has 1 unspecified atom stereocenters. The fourth-order valence-corrected chi connectivity index (χ4v) is 3.72. The van der Waals surface area contributed by atoms with Gasteiger partial charge in [0.15, 0.2) is 0 Å². The highest BCUT2D eigenvalue weighted by Gasteiger charge is 2.24. The van der Waals surface area contributed by atoms with E-state index in [2.05, 4.69) is 62.4 Å². The quantitative estimate of drug-likeness (QED) is 0.251. The topological polar surface area (TPSA) is 49.5 Å². The molecule has 1 heterocycles. The second kappa shape index (κ2) is 11.9. The monoisotopic (exact) mass is 454 g/mol. The van der Waals surface area contributed by atoms with Gasteiger partial charge in [-0.1, -0.05) is 38.1 Å². The fraction of sp³-hybridized carbons (Fsp3) is 0.571. The molecule has 5 nitrogen and oxygen atoms in total. The van der Waals surface area contributed by atoms with Gasteiger partial charge >= 0.3 is 0 Å². The second-order valence-electron chi connectivity index (χ2n) is 9.63. The van der Waals surface area contributed by atoms with Crippen molar-refractivity contribution in [3.63, 3.8) is 0 Å². The lowest BCUT2D eigenvalue weighted by Crippen LogP contribution is -2.18. The van der Waals surface area contributed by atoms with Crippen LogP contribution in [0.3, 0.4) is 0 Å². The molecule has 0 amide bonds. The molecule has 180 valence electrons. The van der Waals surface area contributed by atoms with E-state index in [1.165, 1.54) is 24.0 Å². The first-order valence-corrected chi connectivity index (χ1v) is 12.3. The van der Waals surface area contributed by atoms with Gasteiger partial charge in [0.2, 0.25) is 0 Å². The van der Waals surface area contributed by atoms with E-state index >= 15 is 0 Å². The predicted molar refractivity (Wildman–Crippen MR) is 129 cm³/mol. The number of ether oxygens (including phenoxy) is 5. The van der Waals surface area contributed by atoms with Crippen LogP contribution in [0.15, 0.2) is 48.5 Å². The maximum Gasteiger partial charge on any atom is 0.119 e. The summed E-state index contributed by atoms with van der Waals surface area (Å²) >= 11 is 0. The van der Waals surface area contributed by atoms with Gasteiger partial charge in [-0.2, -0.15) is 0 Å². The molecule has 1 aliphatic carbocycles. The molecule has 0 bridgehead atoms. The van der Waals surface area contributed by atoms with Gasteiger partial charge in [0.1, 0.15) is 17.6 Å². The lowest BCUT2D eigenvalue weighted by atomic mass is 9.78. The summed E-state index contributed by atoms with van der Waals surface area (Å²) in [6, 6.07) is 16.9. The molecular weight excluding hydrogens is 416 g/mol. The lowest BCUT2D eigenvalue weighted by Gasteiger charge is -2.26. The number of hydrogen-bond acceptors (Lipinski definition) is 5. The average Bonchev–Trinajstić information content (AvgIpc) is 3.75. The predicted octanol–water partition coefficient (Wildman–Crippen LogP) is 5.39. The first kappa shape index (κ1) is 24.1. The zero-order valence-electron chi connectivity index (χ0n) is 20.1. The summed E-state index contributed by atoms with van der Waals surface area (Å²) in [6.45, 7) is 9.79. The number of epoxide rings is 1. The zero-order chi connectivity index (χ0) is 22.9. The highest BCUT2D eigenvalue weighted by Crippen LogP contribution is 2.33. The van der Waals surface area contributed by atoms with Crippen molar-refractivity contribution in [2.75, 3.05) is 46.2 Å². The minimum Gasteiger partial charge on any atom is -0.494 e. The van der Waals surface area contributed by atoms with E-state index in [9.17, 15) is 0 Å². The number of rotatable bonds is 16. The molecule has 33 heavy (non-hydrogen) atoms. The third kappa shape index (κ3) is 8.02. The van der Waals surface area contributed by atoms with Crippen LogP contribution in [-0.4, -0.2) is 52.4 Å². The third-order valence-electron chi connectivity index (χ3n) is 6.31. The smallest absolute Gasteiger partial charge is 0.119 e. The van der Waals surface area contributed by atoms with Crippen molar-refractivity contribution in [1.82, 2.24) is 0 Å². The van der Waals surface area contributed by atoms with Crippen LogP contribution in [0.1, 0.15) is 50.7 Å². The summed E-state index contributed by atoms with van der Waals surface area (Å²) in [5.41, 5.74) is 2.41. The molecule has 0 N–H and O–H groups in total. The van der Waals surface area contributed by atoms with Crippen LogP contribution in [0.5, 0.6) is 11.5 Å². The van der Waals surface area contributed by atoms with Crippen LogP contribution >= 0.6 is 0 Å². The summed E-state index contributed by atoms with van der Waals surface area (Å²) in [4.78, 5) is 0. The summed E-state index contributed by atoms with van der Waals surface area (Å²) < 4.78 is 28.1. The maximum absolute atomic E-state index is 5.88. The lowest BCUT2D eigenvalue weighted by molar-refractivity contribution is 0.104. The van der Waals surface area contributed by atoms with Crippen LogP contribution in [0.4, 0.5) is 0 Å². The molecule has 1 aliphatic heterocycles. The largest absolute Gasteiger partial charge is 0.494 e. The van der Waals surface area contributed by atoms with E-state index in [1.807, 2.05) is 0 Å². The highest BCUT2D eigenvalue weighted by molar-refractivity contribution is 5.41. The van der Waals surface area contributed by atoms with Gasteiger partial charge in [-0.15, -0.1) is 0 Å². The Kier molecular flexibility index (Phi) is 8.65. The normalized spacial score (nSPS) is 17.7. The standard InChI is InChI=1S/C28H38O5/c1-28(2,23-7-11-25(12-8-23)31-17-3-15-29-19-22-5-6-22)24-9-13-26(14-10-24)32-18-4-16-30-20-27-21-33-27/h7-14,22,27H,3-6,15-21H2,1-2H3. The zero-order valence-corrected chi connectivity index (χ0v) is 20.1. The molecular formula is C28H38O5. The van der Waals surface area contributed by atoms with Gasteiger partial charge in [-0.25, -0.2) is 0 Å². The average molecular weight is 455 g/mol. The van der Waals surface area contributed by atoms with Crippen LogP contribution in [0, 0.1) is 5.92 Å². The summed E-state index contributed by atoms with van der Waals surface area (Å²) in [7, 11) is 0. The van der Waals surface area contributed by atoms with Crippen molar-refractivity contribution in [3.8, 4) is 11.5 Å². The number of benzene rings is 2. The van der Waals surface area contributed by atoms with Crippen molar-refractivity contribution in [2.24, 2.45) is 5.92 Å². The Morgan fingerprint density at radius 1 is 0.727 bits per heavy atom. The van der Waals surface area contributed by atoms with E-state index in [0.29, 0.717) is 32.5 Å². The van der Waals surface area contributed by atoms with Gasteiger partial charge in [-0.05, 0) is 54.2 Å². The fourth-order valence-electron chi connectivity index (χ4n) is 3.72. The van der Waals surface area contributed by atoms with Crippen LogP contribution < -0.4 is 9.47 Å². The molecule has 4 rings (SSSR count). The van der Waals surface area contributed by atoms with Gasteiger partial charge in [0.25, 0.3) is 0 Å². The van der Waals surface area contributed by atoms with Crippen molar-refractivity contribution in [3.05, 3.63) is 59.7 Å². The minimum atomic E-state index is -0.105. The molecule has 2 aliphatic rings.